The zero-order valence-electron chi connectivity index (χ0n) is 15.8. The summed E-state index contributed by atoms with van der Waals surface area (Å²) in [4.78, 5) is 14.5. The first-order valence-corrected chi connectivity index (χ1v) is 10.3. The van der Waals surface area contributed by atoms with E-state index < -0.39 is 0 Å². The van der Waals surface area contributed by atoms with Crippen molar-refractivity contribution in [2.45, 2.75) is 61.9 Å². The molecule has 5 aliphatic rings. The van der Waals surface area contributed by atoms with Gasteiger partial charge in [0.2, 0.25) is 5.91 Å². The lowest BCUT2D eigenvalue weighted by Crippen LogP contribution is -2.52. The van der Waals surface area contributed by atoms with Crippen molar-refractivity contribution in [2.24, 2.45) is 11.8 Å². The van der Waals surface area contributed by atoms with Crippen molar-refractivity contribution in [3.63, 3.8) is 0 Å². The number of amides is 1. The van der Waals surface area contributed by atoms with Gasteiger partial charge in [-0.3, -0.25) is 4.79 Å². The van der Waals surface area contributed by atoms with Crippen LogP contribution in [0.5, 0.6) is 0 Å². The van der Waals surface area contributed by atoms with Gasteiger partial charge in [-0.1, -0.05) is 12.1 Å². The summed E-state index contributed by atoms with van der Waals surface area (Å²) in [6.45, 7) is 1.10. The Morgan fingerprint density at radius 1 is 1.30 bits per heavy atom. The second-order valence-electron chi connectivity index (χ2n) is 9.37. The Morgan fingerprint density at radius 3 is 2.89 bits per heavy atom. The summed E-state index contributed by atoms with van der Waals surface area (Å²) < 4.78 is 0. The molecule has 1 heterocycles. The highest BCUT2D eigenvalue weighted by Crippen LogP contribution is 2.66. The third-order valence-electron chi connectivity index (χ3n) is 7.86. The SMILES string of the molecule is N#C[C@@H]1CCCN1C(=O)CNC12CC3CC1CC(c1ccc(N)cc1)(C3)C2. The van der Waals surface area contributed by atoms with E-state index in [9.17, 15) is 10.1 Å². The zero-order valence-corrected chi connectivity index (χ0v) is 15.8. The van der Waals surface area contributed by atoms with E-state index >= 15 is 0 Å². The Hall–Kier alpha value is -2.06. The van der Waals surface area contributed by atoms with Gasteiger partial charge < -0.3 is 16.0 Å². The molecule has 1 amide bonds. The van der Waals surface area contributed by atoms with Crippen molar-refractivity contribution in [1.82, 2.24) is 10.2 Å². The first-order valence-electron chi connectivity index (χ1n) is 10.3. The van der Waals surface area contributed by atoms with E-state index in [-0.39, 0.29) is 22.9 Å². The molecule has 0 spiro atoms. The maximum atomic E-state index is 12.7. The second-order valence-corrected chi connectivity index (χ2v) is 9.37. The number of hydrogen-bond acceptors (Lipinski definition) is 4. The number of likely N-dealkylation sites (tertiary alicyclic amines) is 1. The molecule has 4 aliphatic carbocycles. The lowest BCUT2D eigenvalue weighted by Gasteiger charge is -2.42. The molecule has 4 unspecified atom stereocenters. The van der Waals surface area contributed by atoms with E-state index in [4.69, 9.17) is 5.73 Å². The number of nitrogens with one attached hydrogen (secondary N) is 1. The quantitative estimate of drug-likeness (QED) is 0.805. The fourth-order valence-corrected chi connectivity index (χ4v) is 6.91. The van der Waals surface area contributed by atoms with Crippen molar-refractivity contribution in [2.75, 3.05) is 18.8 Å². The number of nitrogen functional groups attached to an aromatic ring is 1. The molecule has 1 aromatic rings. The van der Waals surface area contributed by atoms with E-state index in [0.717, 1.165) is 37.4 Å². The fourth-order valence-electron chi connectivity index (χ4n) is 6.91. The maximum Gasteiger partial charge on any atom is 0.237 e. The summed E-state index contributed by atoms with van der Waals surface area (Å²) in [6.07, 6.45) is 7.87. The highest BCUT2D eigenvalue weighted by Gasteiger charge is 2.64. The molecule has 27 heavy (non-hydrogen) atoms. The third-order valence-corrected chi connectivity index (χ3v) is 7.86. The lowest BCUT2D eigenvalue weighted by atomic mass is 9.65. The number of anilines is 1. The average Bonchev–Trinajstić information content (AvgIpc) is 3.29. The predicted molar refractivity (Wildman–Crippen MR) is 104 cm³/mol. The van der Waals surface area contributed by atoms with Crippen molar-refractivity contribution in [1.29, 1.82) is 5.26 Å². The number of hydrogen-bond donors (Lipinski definition) is 2. The van der Waals surface area contributed by atoms with Gasteiger partial charge in [0.25, 0.3) is 0 Å². The van der Waals surface area contributed by atoms with Gasteiger partial charge in [0.15, 0.2) is 0 Å². The molecule has 1 aromatic carbocycles. The molecule has 0 aromatic heterocycles. The van der Waals surface area contributed by atoms with E-state index in [0.29, 0.717) is 12.5 Å². The van der Waals surface area contributed by atoms with E-state index in [1.165, 1.54) is 31.2 Å². The van der Waals surface area contributed by atoms with E-state index in [1.54, 1.807) is 4.90 Å². The normalized spacial score (nSPS) is 39.1. The van der Waals surface area contributed by atoms with Gasteiger partial charge in [-0.05, 0) is 79.9 Å². The number of nitriles is 1. The van der Waals surface area contributed by atoms with Crippen LogP contribution in [0.15, 0.2) is 24.3 Å². The Kier molecular flexibility index (Phi) is 3.77. The minimum absolute atomic E-state index is 0.0983. The summed E-state index contributed by atoms with van der Waals surface area (Å²) in [6, 6.07) is 10.5. The predicted octanol–water partition coefficient (Wildman–Crippen LogP) is 2.57. The summed E-state index contributed by atoms with van der Waals surface area (Å²) in [5.41, 5.74) is 8.49. The van der Waals surface area contributed by atoms with Crippen LogP contribution in [0.2, 0.25) is 0 Å². The molecular formula is C22H28N4O. The first-order chi connectivity index (χ1) is 13.0. The van der Waals surface area contributed by atoms with Gasteiger partial charge in [0.05, 0.1) is 12.6 Å². The molecule has 142 valence electrons. The summed E-state index contributed by atoms with van der Waals surface area (Å²) in [5, 5.41) is 13.0. The largest absolute Gasteiger partial charge is 0.399 e. The molecule has 5 fully saturated rings. The molecule has 3 N–H and O–H groups in total. The summed E-state index contributed by atoms with van der Waals surface area (Å²) in [7, 11) is 0. The van der Waals surface area contributed by atoms with Crippen LogP contribution in [0.25, 0.3) is 0 Å². The number of nitrogens with two attached hydrogens (primary N) is 1. The summed E-state index contributed by atoms with van der Waals surface area (Å²) in [5.74, 6) is 1.52. The standard InChI is InChI=1S/C22H28N4O/c23-12-19-2-1-7-26(19)20(27)13-25-22-10-15-8-17(22)11-21(9-15,14-22)16-3-5-18(24)6-4-16/h3-6,15,17,19,25H,1-2,7-11,13-14,24H2/t15?,17?,19-,21?,22?/m0/s1. The monoisotopic (exact) mass is 364 g/mol. The number of nitrogens with zero attached hydrogens (tertiary/aromatic N) is 2. The maximum absolute atomic E-state index is 12.7. The van der Waals surface area contributed by atoms with Gasteiger partial charge in [-0.25, -0.2) is 0 Å². The van der Waals surface area contributed by atoms with Crippen LogP contribution in [0.1, 0.15) is 50.5 Å². The topological polar surface area (TPSA) is 82.2 Å². The van der Waals surface area contributed by atoms with Crippen LogP contribution in [-0.4, -0.2) is 35.5 Å². The highest BCUT2D eigenvalue weighted by atomic mass is 16.2. The van der Waals surface area contributed by atoms with Crippen LogP contribution in [-0.2, 0) is 10.2 Å². The molecule has 1 aliphatic heterocycles. The third kappa shape index (κ3) is 2.57. The van der Waals surface area contributed by atoms with Crippen LogP contribution >= 0.6 is 0 Å². The van der Waals surface area contributed by atoms with Crippen molar-refractivity contribution >= 4 is 11.6 Å². The van der Waals surface area contributed by atoms with Crippen LogP contribution < -0.4 is 11.1 Å². The number of carbonyl (C=O) groups excluding carboxylic acids is 1. The molecule has 5 heteroatoms. The average molecular weight is 364 g/mol. The van der Waals surface area contributed by atoms with E-state index in [2.05, 4.69) is 23.5 Å². The van der Waals surface area contributed by atoms with Crippen molar-refractivity contribution < 1.29 is 4.79 Å². The Balaban J connectivity index is 1.33. The minimum atomic E-state index is -0.228. The van der Waals surface area contributed by atoms with Gasteiger partial charge in [-0.15, -0.1) is 0 Å². The first kappa shape index (κ1) is 17.1. The number of rotatable bonds is 4. The summed E-state index contributed by atoms with van der Waals surface area (Å²) >= 11 is 0. The van der Waals surface area contributed by atoms with Gasteiger partial charge in [0.1, 0.15) is 6.04 Å². The van der Waals surface area contributed by atoms with Crippen molar-refractivity contribution in [3.8, 4) is 6.07 Å². The molecule has 5 nitrogen and oxygen atoms in total. The van der Waals surface area contributed by atoms with E-state index in [1.807, 2.05) is 12.1 Å². The highest BCUT2D eigenvalue weighted by molar-refractivity contribution is 5.79. The Morgan fingerprint density at radius 2 is 2.11 bits per heavy atom. The van der Waals surface area contributed by atoms with Crippen molar-refractivity contribution in [3.05, 3.63) is 29.8 Å². The Labute approximate surface area is 160 Å². The molecule has 1 saturated heterocycles. The molecule has 6 rings (SSSR count). The molecular weight excluding hydrogens is 336 g/mol. The van der Waals surface area contributed by atoms with Gasteiger partial charge in [-0.2, -0.15) is 5.26 Å². The molecule has 4 saturated carbocycles. The van der Waals surface area contributed by atoms with Crippen LogP contribution in [0.3, 0.4) is 0 Å². The Bertz CT molecular complexity index is 800. The molecule has 5 atom stereocenters. The fraction of sp³-hybridized carbons (Fsp3) is 0.636. The lowest BCUT2D eigenvalue weighted by molar-refractivity contribution is -0.130. The smallest absolute Gasteiger partial charge is 0.237 e. The second kappa shape index (κ2) is 5.97. The number of benzene rings is 1. The van der Waals surface area contributed by atoms with Crippen LogP contribution in [0, 0.1) is 23.2 Å². The molecule has 0 radical (unpaired) electrons. The van der Waals surface area contributed by atoms with Crippen LogP contribution in [0.4, 0.5) is 5.69 Å². The zero-order chi connectivity index (χ0) is 18.6. The minimum Gasteiger partial charge on any atom is -0.399 e. The van der Waals surface area contributed by atoms with Gasteiger partial charge in [0, 0.05) is 17.8 Å². The van der Waals surface area contributed by atoms with Gasteiger partial charge >= 0.3 is 0 Å². The molecule has 4 bridgehead atoms. The number of carbonyl (C=O) groups is 1.